The first-order valence-corrected chi connectivity index (χ1v) is 10.9. The summed E-state index contributed by atoms with van der Waals surface area (Å²) in [6.07, 6.45) is 2.43. The average molecular weight is 371 g/mol. The molecule has 1 aliphatic heterocycles. The molecular weight excluding hydrogens is 340 g/mol. The third-order valence-corrected chi connectivity index (χ3v) is 6.77. The van der Waals surface area contributed by atoms with Gasteiger partial charge in [0.2, 0.25) is 0 Å². The van der Waals surface area contributed by atoms with Gasteiger partial charge in [0.25, 0.3) is 0 Å². The Morgan fingerprint density at radius 2 is 1.81 bits per heavy atom. The molecule has 1 atom stereocenters. The van der Waals surface area contributed by atoms with Gasteiger partial charge in [-0.2, -0.15) is 0 Å². The molecule has 3 nitrogen and oxygen atoms in total. The van der Waals surface area contributed by atoms with Crippen LogP contribution in [0.2, 0.25) is 0 Å². The van der Waals surface area contributed by atoms with Crippen LogP contribution in [0.5, 0.6) is 0 Å². The minimum absolute atomic E-state index is 0.661. The zero-order valence-corrected chi connectivity index (χ0v) is 16.9. The van der Waals surface area contributed by atoms with Gasteiger partial charge in [0, 0.05) is 29.9 Å². The molecule has 2 aromatic rings. The Hall–Kier alpha value is -1.65. The maximum absolute atomic E-state index is 11.9. The molecule has 0 amide bonds. The summed E-state index contributed by atoms with van der Waals surface area (Å²) in [4.78, 5) is 3.48. The van der Waals surface area contributed by atoms with Crippen LogP contribution in [0, 0.1) is 6.92 Å². The van der Waals surface area contributed by atoms with E-state index in [1.807, 2.05) is 26.1 Å². The van der Waals surface area contributed by atoms with Gasteiger partial charge in [-0.25, -0.2) is 0 Å². The van der Waals surface area contributed by atoms with E-state index in [0.29, 0.717) is 11.7 Å². The third-order valence-electron chi connectivity index (χ3n) is 5.45. The molecule has 1 unspecified atom stereocenters. The van der Waals surface area contributed by atoms with Gasteiger partial charge >= 0.3 is 0 Å². The number of nitrogens with zero attached hydrogens (tertiary/aromatic N) is 1. The van der Waals surface area contributed by atoms with E-state index in [-0.39, 0.29) is 0 Å². The summed E-state index contributed by atoms with van der Waals surface area (Å²) in [5.74, 6) is 1.34. The summed E-state index contributed by atoms with van der Waals surface area (Å²) < 4.78 is 11.9. The molecule has 140 valence electrons. The number of likely N-dealkylation sites (tertiary alicyclic amines) is 1. The van der Waals surface area contributed by atoms with Crippen LogP contribution in [0.25, 0.3) is 0 Å². The van der Waals surface area contributed by atoms with Crippen LogP contribution in [0.1, 0.15) is 42.4 Å². The van der Waals surface area contributed by atoms with Gasteiger partial charge in [-0.15, -0.1) is 0 Å². The van der Waals surface area contributed by atoms with Crippen molar-refractivity contribution < 1.29 is 4.21 Å². The molecule has 0 saturated carbocycles. The summed E-state index contributed by atoms with van der Waals surface area (Å²) in [5.41, 5.74) is 5.43. The molecular formula is C22H30N2OS. The van der Waals surface area contributed by atoms with Crippen molar-refractivity contribution in [2.75, 3.05) is 31.2 Å². The maximum Gasteiger partial charge on any atom is 0.0526 e. The fourth-order valence-electron chi connectivity index (χ4n) is 3.81. The Bertz CT molecular complexity index is 749. The van der Waals surface area contributed by atoms with Crippen molar-refractivity contribution in [3.8, 4) is 0 Å². The average Bonchev–Trinajstić information content (AvgIpc) is 2.69. The van der Waals surface area contributed by atoms with Crippen LogP contribution in [0.4, 0.5) is 5.69 Å². The lowest BCUT2D eigenvalue weighted by molar-refractivity contribution is 0.204. The van der Waals surface area contributed by atoms with Crippen molar-refractivity contribution in [3.05, 3.63) is 59.2 Å². The van der Waals surface area contributed by atoms with Crippen molar-refractivity contribution in [2.45, 2.75) is 44.0 Å². The van der Waals surface area contributed by atoms with Crippen LogP contribution in [0.15, 0.2) is 47.4 Å². The quantitative estimate of drug-likeness (QED) is 0.810. The molecule has 1 saturated heterocycles. The molecule has 4 heteroatoms. The van der Waals surface area contributed by atoms with Gasteiger partial charge in [0.05, 0.1) is 10.8 Å². The summed E-state index contributed by atoms with van der Waals surface area (Å²) in [5, 5.41) is 3.26. The highest BCUT2D eigenvalue weighted by atomic mass is 32.2. The lowest BCUT2D eigenvalue weighted by Crippen LogP contribution is -2.32. The molecule has 1 fully saturated rings. The highest BCUT2D eigenvalue weighted by molar-refractivity contribution is 7.85. The molecule has 26 heavy (non-hydrogen) atoms. The summed E-state index contributed by atoms with van der Waals surface area (Å²) >= 11 is 0. The molecule has 3 rings (SSSR count). The molecule has 2 aromatic carbocycles. The van der Waals surface area contributed by atoms with E-state index in [2.05, 4.69) is 47.5 Å². The fraction of sp³-hybridized carbons (Fsp3) is 0.455. The topological polar surface area (TPSA) is 32.3 Å². The SMILES string of the molecule is CCS(=O)c1ccc(CN2CCC(c3cc(NC)ccc3C)CC2)cc1. The van der Waals surface area contributed by atoms with E-state index in [0.717, 1.165) is 24.5 Å². The van der Waals surface area contributed by atoms with E-state index >= 15 is 0 Å². The Morgan fingerprint density at radius 3 is 2.42 bits per heavy atom. The van der Waals surface area contributed by atoms with Crippen molar-refractivity contribution >= 4 is 16.5 Å². The van der Waals surface area contributed by atoms with Gasteiger partial charge in [0.1, 0.15) is 0 Å². The Morgan fingerprint density at radius 1 is 1.12 bits per heavy atom. The van der Waals surface area contributed by atoms with Crippen LogP contribution >= 0.6 is 0 Å². The second-order valence-corrected chi connectivity index (χ2v) is 8.89. The Balaban J connectivity index is 1.58. The lowest BCUT2D eigenvalue weighted by Gasteiger charge is -2.33. The van der Waals surface area contributed by atoms with Gasteiger partial charge in [-0.05, 0) is 79.7 Å². The number of piperidine rings is 1. The van der Waals surface area contributed by atoms with Crippen LogP contribution < -0.4 is 5.32 Å². The highest BCUT2D eigenvalue weighted by Gasteiger charge is 2.22. The predicted octanol–water partition coefficient (Wildman–Crippen LogP) is 4.54. The smallest absolute Gasteiger partial charge is 0.0526 e. The molecule has 0 spiro atoms. The molecule has 1 aliphatic rings. The maximum atomic E-state index is 11.9. The molecule has 0 radical (unpaired) electrons. The second kappa shape index (κ2) is 8.83. The highest BCUT2D eigenvalue weighted by Crippen LogP contribution is 2.32. The van der Waals surface area contributed by atoms with E-state index in [4.69, 9.17) is 0 Å². The van der Waals surface area contributed by atoms with Crippen molar-refractivity contribution in [1.82, 2.24) is 4.90 Å². The molecule has 0 aliphatic carbocycles. The standard InChI is InChI=1S/C22H30N2OS/c1-4-26(25)21-9-6-18(7-10-21)16-24-13-11-19(12-14-24)22-15-20(23-3)8-5-17(22)2/h5-10,15,19,23H,4,11-14,16H2,1-3H3. The summed E-state index contributed by atoms with van der Waals surface area (Å²) in [6, 6.07) is 15.0. The summed E-state index contributed by atoms with van der Waals surface area (Å²) in [6.45, 7) is 7.44. The van der Waals surface area contributed by atoms with Gasteiger partial charge in [0.15, 0.2) is 0 Å². The monoisotopic (exact) mass is 370 g/mol. The molecule has 0 bridgehead atoms. The number of hydrogen-bond acceptors (Lipinski definition) is 3. The van der Waals surface area contributed by atoms with Crippen molar-refractivity contribution in [1.29, 1.82) is 0 Å². The normalized spacial score (nSPS) is 17.2. The first-order chi connectivity index (χ1) is 12.6. The Labute approximate surface area is 160 Å². The van der Waals surface area contributed by atoms with Gasteiger partial charge < -0.3 is 5.32 Å². The van der Waals surface area contributed by atoms with Crippen LogP contribution in [-0.2, 0) is 17.3 Å². The third kappa shape index (κ3) is 4.54. The van der Waals surface area contributed by atoms with E-state index in [1.54, 1.807) is 0 Å². The van der Waals surface area contributed by atoms with Crippen LogP contribution in [0.3, 0.4) is 0 Å². The number of aryl methyl sites for hydroxylation is 1. The number of hydrogen-bond donors (Lipinski definition) is 1. The predicted molar refractivity (Wildman–Crippen MR) is 111 cm³/mol. The number of anilines is 1. The number of nitrogens with one attached hydrogen (secondary N) is 1. The fourth-order valence-corrected chi connectivity index (χ4v) is 4.58. The van der Waals surface area contributed by atoms with Gasteiger partial charge in [-0.1, -0.05) is 25.1 Å². The molecule has 0 aromatic heterocycles. The molecule has 1 N–H and O–H groups in total. The van der Waals surface area contributed by atoms with Crippen molar-refractivity contribution in [2.24, 2.45) is 0 Å². The lowest BCUT2D eigenvalue weighted by atomic mass is 9.86. The number of benzene rings is 2. The summed E-state index contributed by atoms with van der Waals surface area (Å²) in [7, 11) is 1.13. The molecule has 1 heterocycles. The van der Waals surface area contributed by atoms with Crippen LogP contribution in [-0.4, -0.2) is 35.0 Å². The minimum Gasteiger partial charge on any atom is -0.388 e. The van der Waals surface area contributed by atoms with E-state index in [9.17, 15) is 4.21 Å². The zero-order chi connectivity index (χ0) is 18.5. The van der Waals surface area contributed by atoms with Crippen molar-refractivity contribution in [3.63, 3.8) is 0 Å². The number of rotatable bonds is 6. The first-order valence-electron chi connectivity index (χ1n) is 9.58. The zero-order valence-electron chi connectivity index (χ0n) is 16.1. The minimum atomic E-state index is -0.855. The van der Waals surface area contributed by atoms with E-state index in [1.165, 1.54) is 35.2 Å². The Kier molecular flexibility index (Phi) is 6.49. The second-order valence-electron chi connectivity index (χ2n) is 7.15. The first kappa shape index (κ1) is 19.1. The largest absolute Gasteiger partial charge is 0.388 e. The van der Waals surface area contributed by atoms with E-state index < -0.39 is 10.8 Å². The van der Waals surface area contributed by atoms with Gasteiger partial charge in [-0.3, -0.25) is 9.11 Å².